The van der Waals surface area contributed by atoms with Crippen LogP contribution in [-0.4, -0.2) is 15.5 Å². The average molecular weight is 385 g/mol. The fraction of sp³-hybridized carbons (Fsp3) is 0.250. The topological polar surface area (TPSA) is 76.0 Å². The number of amides is 1. The van der Waals surface area contributed by atoms with E-state index in [1.807, 2.05) is 18.2 Å². The molecule has 1 amide bonds. The molecular weight excluding hydrogens is 364 g/mol. The van der Waals surface area contributed by atoms with Crippen LogP contribution in [0, 0.1) is 0 Å². The Morgan fingerprint density at radius 2 is 1.96 bits per heavy atom. The van der Waals surface area contributed by atoms with Gasteiger partial charge in [0.2, 0.25) is 5.91 Å². The van der Waals surface area contributed by atoms with E-state index in [9.17, 15) is 9.59 Å². The lowest BCUT2D eigenvalue weighted by atomic mass is 10.1. The fourth-order valence-corrected chi connectivity index (χ4v) is 3.23. The van der Waals surface area contributed by atoms with Crippen molar-refractivity contribution in [1.29, 1.82) is 0 Å². The maximum Gasteiger partial charge on any atom is 0.261 e. The molecule has 0 spiro atoms. The molecule has 2 heterocycles. The fourth-order valence-electron chi connectivity index (χ4n) is 3.23. The molecule has 0 saturated carbocycles. The number of carbonyl (C=O) groups is 1. The number of hydrogen-bond acceptors (Lipinski definition) is 4. The molecule has 140 valence electrons. The van der Waals surface area contributed by atoms with Crippen LogP contribution < -0.4 is 16.2 Å². The number of nitrogens with one attached hydrogen (secondary N) is 2. The Bertz CT molecular complexity index is 1030. The zero-order valence-corrected chi connectivity index (χ0v) is 15.6. The predicted molar refractivity (Wildman–Crippen MR) is 107 cm³/mol. The summed E-state index contributed by atoms with van der Waals surface area (Å²) in [5.41, 5.74) is 4.26. The summed E-state index contributed by atoms with van der Waals surface area (Å²) in [5, 5.41) is 6.80. The lowest BCUT2D eigenvalue weighted by Crippen LogP contribution is -2.27. The summed E-state index contributed by atoms with van der Waals surface area (Å²) < 4.78 is 1.49. The van der Waals surface area contributed by atoms with Gasteiger partial charge in [-0.2, -0.15) is 0 Å². The van der Waals surface area contributed by atoms with Crippen molar-refractivity contribution in [1.82, 2.24) is 20.2 Å². The molecule has 0 bridgehead atoms. The van der Waals surface area contributed by atoms with Gasteiger partial charge in [-0.1, -0.05) is 30.3 Å². The number of aryl methyl sites for hydroxylation is 1. The first-order valence-electron chi connectivity index (χ1n) is 8.73. The Morgan fingerprint density at radius 1 is 1.15 bits per heavy atom. The molecule has 3 aromatic rings. The maximum atomic E-state index is 12.4. The van der Waals surface area contributed by atoms with Gasteiger partial charge in [-0.25, -0.2) is 4.98 Å². The van der Waals surface area contributed by atoms with Crippen LogP contribution in [0.1, 0.15) is 23.1 Å². The molecule has 27 heavy (non-hydrogen) atoms. The second-order valence-corrected chi connectivity index (χ2v) is 6.49. The molecule has 0 unspecified atom stereocenters. The van der Waals surface area contributed by atoms with Gasteiger partial charge in [0.15, 0.2) is 0 Å². The molecule has 1 aliphatic heterocycles. The second kappa shape index (κ2) is 8.33. The van der Waals surface area contributed by atoms with E-state index in [4.69, 9.17) is 0 Å². The zero-order chi connectivity index (χ0) is 17.9. The smallest absolute Gasteiger partial charge is 0.261 e. The molecule has 2 aromatic carbocycles. The molecule has 0 atom stereocenters. The number of para-hydroxylation sites is 1. The minimum Gasteiger partial charge on any atom is -0.352 e. The first-order chi connectivity index (χ1) is 12.7. The third-order valence-electron chi connectivity index (χ3n) is 4.70. The molecule has 1 aliphatic rings. The second-order valence-electron chi connectivity index (χ2n) is 6.49. The largest absolute Gasteiger partial charge is 0.352 e. The number of nitrogens with zero attached hydrogens (tertiary/aromatic N) is 2. The summed E-state index contributed by atoms with van der Waals surface area (Å²) >= 11 is 0. The molecule has 2 N–H and O–H groups in total. The molecule has 0 saturated heterocycles. The summed E-state index contributed by atoms with van der Waals surface area (Å²) in [6.07, 6.45) is 1.75. The van der Waals surface area contributed by atoms with Gasteiger partial charge < -0.3 is 10.6 Å². The average Bonchev–Trinajstić information content (AvgIpc) is 3.14. The number of hydrogen-bond donors (Lipinski definition) is 2. The van der Waals surface area contributed by atoms with Gasteiger partial charge in [-0.15, -0.1) is 12.4 Å². The van der Waals surface area contributed by atoms with Crippen LogP contribution in [0.25, 0.3) is 10.9 Å². The highest BCUT2D eigenvalue weighted by atomic mass is 35.5. The summed E-state index contributed by atoms with van der Waals surface area (Å²) in [5.74, 6) is -0.0799. The summed E-state index contributed by atoms with van der Waals surface area (Å²) in [6, 6.07) is 13.5. The number of fused-ring (bicyclic) bond motifs is 2. The van der Waals surface area contributed by atoms with Crippen molar-refractivity contribution in [2.24, 2.45) is 0 Å². The summed E-state index contributed by atoms with van der Waals surface area (Å²) in [7, 11) is 0. The highest BCUT2D eigenvalue weighted by molar-refractivity contribution is 5.85. The van der Waals surface area contributed by atoms with E-state index in [0.29, 0.717) is 24.0 Å². The van der Waals surface area contributed by atoms with Crippen LogP contribution in [0.5, 0.6) is 0 Å². The van der Waals surface area contributed by atoms with Crippen molar-refractivity contribution in [3.8, 4) is 0 Å². The van der Waals surface area contributed by atoms with Crippen molar-refractivity contribution in [3.63, 3.8) is 0 Å². The SMILES string of the molecule is Cl.O=C(CCn1cnc2ccccc2c1=O)NCc1ccc2c(c1)CNC2. The van der Waals surface area contributed by atoms with Gasteiger partial charge in [0.05, 0.1) is 17.2 Å². The number of halogens is 1. The number of aromatic nitrogens is 2. The Balaban J connectivity index is 0.00000210. The molecule has 7 heteroatoms. The van der Waals surface area contributed by atoms with E-state index in [2.05, 4.69) is 27.8 Å². The van der Waals surface area contributed by atoms with Crippen LogP contribution in [0.3, 0.4) is 0 Å². The number of benzene rings is 2. The Labute approximate surface area is 163 Å². The van der Waals surface area contributed by atoms with E-state index in [-0.39, 0.29) is 30.3 Å². The molecule has 0 fully saturated rings. The lowest BCUT2D eigenvalue weighted by molar-refractivity contribution is -0.121. The van der Waals surface area contributed by atoms with Crippen molar-refractivity contribution in [3.05, 3.63) is 75.8 Å². The first-order valence-corrected chi connectivity index (χ1v) is 8.73. The zero-order valence-electron chi connectivity index (χ0n) is 14.8. The van der Waals surface area contributed by atoms with Crippen molar-refractivity contribution in [2.75, 3.05) is 0 Å². The monoisotopic (exact) mass is 384 g/mol. The molecule has 0 radical (unpaired) electrons. The van der Waals surface area contributed by atoms with E-state index in [1.54, 1.807) is 12.1 Å². The molecule has 4 rings (SSSR count). The quantitative estimate of drug-likeness (QED) is 0.706. The van der Waals surface area contributed by atoms with Crippen molar-refractivity contribution in [2.45, 2.75) is 32.6 Å². The third-order valence-corrected chi connectivity index (χ3v) is 4.70. The lowest BCUT2D eigenvalue weighted by Gasteiger charge is -2.09. The highest BCUT2D eigenvalue weighted by Crippen LogP contribution is 2.16. The van der Waals surface area contributed by atoms with Crippen LogP contribution in [0.4, 0.5) is 0 Å². The Morgan fingerprint density at radius 3 is 2.85 bits per heavy atom. The van der Waals surface area contributed by atoms with Gasteiger partial charge in [0.1, 0.15) is 0 Å². The van der Waals surface area contributed by atoms with Gasteiger partial charge in [0.25, 0.3) is 5.56 Å². The van der Waals surface area contributed by atoms with Crippen molar-refractivity contribution >= 4 is 29.2 Å². The van der Waals surface area contributed by atoms with Gasteiger partial charge in [0, 0.05) is 32.6 Å². The van der Waals surface area contributed by atoms with Crippen LogP contribution in [0.2, 0.25) is 0 Å². The predicted octanol–water partition coefficient (Wildman–Crippen LogP) is 2.13. The van der Waals surface area contributed by atoms with Gasteiger partial charge in [-0.3, -0.25) is 14.2 Å². The minimum absolute atomic E-state index is 0. The van der Waals surface area contributed by atoms with E-state index < -0.39 is 0 Å². The van der Waals surface area contributed by atoms with E-state index in [0.717, 1.165) is 18.7 Å². The summed E-state index contributed by atoms with van der Waals surface area (Å²) in [4.78, 5) is 28.8. The van der Waals surface area contributed by atoms with E-state index >= 15 is 0 Å². The first kappa shape index (κ1) is 19.1. The normalized spacial score (nSPS) is 12.4. The standard InChI is InChI=1S/C20H20N4O2.ClH/c25-19(22-10-14-5-6-15-11-21-12-16(15)9-14)7-8-24-13-23-18-4-2-1-3-17(18)20(24)26;/h1-6,9,13,21H,7-8,10-12H2,(H,22,25);1H. The number of carbonyl (C=O) groups excluding carboxylic acids is 1. The van der Waals surface area contributed by atoms with Crippen LogP contribution >= 0.6 is 12.4 Å². The van der Waals surface area contributed by atoms with Crippen molar-refractivity contribution < 1.29 is 4.79 Å². The van der Waals surface area contributed by atoms with Gasteiger partial charge in [-0.05, 0) is 28.8 Å². The Kier molecular flexibility index (Phi) is 5.88. The van der Waals surface area contributed by atoms with Gasteiger partial charge >= 0.3 is 0 Å². The van der Waals surface area contributed by atoms with E-state index in [1.165, 1.54) is 22.0 Å². The highest BCUT2D eigenvalue weighted by Gasteiger charge is 2.11. The molecule has 1 aromatic heterocycles. The minimum atomic E-state index is -0.116. The van der Waals surface area contributed by atoms with Crippen LogP contribution in [0.15, 0.2) is 53.6 Å². The Hall–Kier alpha value is -2.70. The third kappa shape index (κ3) is 4.18. The number of rotatable bonds is 5. The van der Waals surface area contributed by atoms with Crippen LogP contribution in [-0.2, 0) is 31.0 Å². The summed E-state index contributed by atoms with van der Waals surface area (Å²) in [6.45, 7) is 2.61. The molecule has 0 aliphatic carbocycles. The maximum absolute atomic E-state index is 12.4. The molecular formula is C20H21ClN4O2. The molecule has 6 nitrogen and oxygen atoms in total.